The van der Waals surface area contributed by atoms with Crippen molar-refractivity contribution in [3.63, 3.8) is 0 Å². The number of benzene rings is 1. The van der Waals surface area contributed by atoms with Crippen LogP contribution in [0.4, 0.5) is 0 Å². The maximum absolute atomic E-state index is 5.76. The number of nitrogens with two attached hydrogens (primary N) is 1. The Morgan fingerprint density at radius 2 is 2.00 bits per heavy atom. The largest absolute Gasteiger partial charge is 0.492 e. The molecule has 18 heavy (non-hydrogen) atoms. The molecule has 0 amide bonds. The van der Waals surface area contributed by atoms with Gasteiger partial charge in [0.25, 0.3) is 0 Å². The van der Waals surface area contributed by atoms with Gasteiger partial charge in [-0.1, -0.05) is 37.3 Å². The highest BCUT2D eigenvalue weighted by atomic mass is 16.5. The molecular weight excluding hydrogens is 224 g/mol. The third kappa shape index (κ3) is 2.87. The van der Waals surface area contributed by atoms with E-state index in [-0.39, 0.29) is 0 Å². The first kappa shape index (κ1) is 12.6. The summed E-state index contributed by atoms with van der Waals surface area (Å²) in [5, 5.41) is 0. The fraction of sp³-hybridized carbons (Fsp3) is 0.267. The zero-order valence-electron chi connectivity index (χ0n) is 10.6. The molecule has 3 heteroatoms. The Morgan fingerprint density at radius 1 is 1.22 bits per heavy atom. The van der Waals surface area contributed by atoms with Crippen LogP contribution in [0.5, 0.6) is 5.75 Å². The summed E-state index contributed by atoms with van der Waals surface area (Å²) in [6.45, 7) is 3.23. The van der Waals surface area contributed by atoms with E-state index >= 15 is 0 Å². The molecule has 2 N–H and O–H groups in total. The van der Waals surface area contributed by atoms with Crippen molar-refractivity contribution in [1.82, 2.24) is 4.98 Å². The van der Waals surface area contributed by atoms with Gasteiger partial charge in [-0.25, -0.2) is 0 Å². The molecule has 0 atom stereocenters. The van der Waals surface area contributed by atoms with Crippen LogP contribution < -0.4 is 10.5 Å². The lowest BCUT2D eigenvalue weighted by atomic mass is 10.1. The molecule has 0 saturated heterocycles. The summed E-state index contributed by atoms with van der Waals surface area (Å²) in [7, 11) is 0. The number of ether oxygens (including phenoxy) is 1. The van der Waals surface area contributed by atoms with Crippen LogP contribution in [0.3, 0.4) is 0 Å². The fourth-order valence-electron chi connectivity index (χ4n) is 1.75. The van der Waals surface area contributed by atoms with Crippen molar-refractivity contribution in [2.24, 2.45) is 5.73 Å². The molecule has 0 aliphatic carbocycles. The molecule has 0 fully saturated rings. The van der Waals surface area contributed by atoms with Crippen LogP contribution in [0.15, 0.2) is 42.6 Å². The highest BCUT2D eigenvalue weighted by Gasteiger charge is 2.06. The lowest BCUT2D eigenvalue weighted by Crippen LogP contribution is -2.04. The fourth-order valence-corrected chi connectivity index (χ4v) is 1.75. The van der Waals surface area contributed by atoms with Crippen molar-refractivity contribution >= 4 is 0 Å². The van der Waals surface area contributed by atoms with Crippen molar-refractivity contribution in [2.45, 2.75) is 19.9 Å². The predicted octanol–water partition coefficient (Wildman–Crippen LogP) is 3.00. The van der Waals surface area contributed by atoms with Gasteiger partial charge in [-0.05, 0) is 12.5 Å². The third-order valence-electron chi connectivity index (χ3n) is 2.70. The monoisotopic (exact) mass is 242 g/mol. The Morgan fingerprint density at radius 3 is 2.67 bits per heavy atom. The number of pyridine rings is 1. The minimum Gasteiger partial charge on any atom is -0.492 e. The van der Waals surface area contributed by atoms with Gasteiger partial charge in [0.15, 0.2) is 0 Å². The summed E-state index contributed by atoms with van der Waals surface area (Å²) >= 11 is 0. The Kier molecular flexibility index (Phi) is 4.31. The smallest absolute Gasteiger partial charge is 0.142 e. The van der Waals surface area contributed by atoms with Crippen molar-refractivity contribution in [3.8, 4) is 17.0 Å². The summed E-state index contributed by atoms with van der Waals surface area (Å²) in [6.07, 6.45) is 2.74. The van der Waals surface area contributed by atoms with Gasteiger partial charge in [-0.2, -0.15) is 0 Å². The number of hydrogen-bond acceptors (Lipinski definition) is 3. The minimum absolute atomic E-state index is 0.460. The van der Waals surface area contributed by atoms with Crippen molar-refractivity contribution in [2.75, 3.05) is 6.61 Å². The second kappa shape index (κ2) is 6.17. The van der Waals surface area contributed by atoms with Gasteiger partial charge < -0.3 is 10.5 Å². The van der Waals surface area contributed by atoms with E-state index in [4.69, 9.17) is 10.5 Å². The van der Waals surface area contributed by atoms with Gasteiger partial charge in [0.1, 0.15) is 5.75 Å². The zero-order chi connectivity index (χ0) is 12.8. The Bertz CT molecular complexity index is 497. The highest BCUT2D eigenvalue weighted by Crippen LogP contribution is 2.23. The van der Waals surface area contributed by atoms with Crippen LogP contribution >= 0.6 is 0 Å². The molecule has 94 valence electrons. The van der Waals surface area contributed by atoms with Gasteiger partial charge in [0, 0.05) is 17.7 Å². The van der Waals surface area contributed by atoms with Gasteiger partial charge >= 0.3 is 0 Å². The predicted molar refractivity (Wildman–Crippen MR) is 73.4 cm³/mol. The normalized spacial score (nSPS) is 10.3. The van der Waals surface area contributed by atoms with Crippen molar-refractivity contribution in [1.29, 1.82) is 0 Å². The Balaban J connectivity index is 2.30. The first-order valence-corrected chi connectivity index (χ1v) is 6.22. The molecule has 0 unspecified atom stereocenters. The molecule has 0 aliphatic heterocycles. The zero-order valence-corrected chi connectivity index (χ0v) is 10.6. The summed E-state index contributed by atoms with van der Waals surface area (Å²) in [5.74, 6) is 0.791. The number of hydrogen-bond donors (Lipinski definition) is 1. The third-order valence-corrected chi connectivity index (χ3v) is 2.70. The van der Waals surface area contributed by atoms with Crippen LogP contribution in [-0.2, 0) is 6.54 Å². The molecule has 0 bridgehead atoms. The molecule has 2 aromatic rings. The lowest BCUT2D eigenvalue weighted by molar-refractivity contribution is 0.313. The first-order valence-electron chi connectivity index (χ1n) is 6.22. The molecule has 0 radical (unpaired) electrons. The number of rotatable bonds is 5. The van der Waals surface area contributed by atoms with Crippen molar-refractivity contribution < 1.29 is 4.74 Å². The lowest BCUT2D eigenvalue weighted by Gasteiger charge is -2.10. The summed E-state index contributed by atoms with van der Waals surface area (Å²) in [5.41, 5.74) is 8.78. The molecule has 0 aliphatic rings. The standard InChI is InChI=1S/C15H18N2O/c1-2-8-18-15-11-17-14(9-13(15)10-16)12-6-4-3-5-7-12/h3-7,9,11H,2,8,10,16H2,1H3. The van der Waals surface area contributed by atoms with Gasteiger partial charge in [-0.3, -0.25) is 4.98 Å². The molecular formula is C15H18N2O. The molecule has 2 rings (SSSR count). The van der Waals surface area contributed by atoms with Gasteiger partial charge in [0.2, 0.25) is 0 Å². The average Bonchev–Trinajstić information content (AvgIpc) is 2.46. The summed E-state index contributed by atoms with van der Waals surface area (Å²) in [6, 6.07) is 12.1. The van der Waals surface area contributed by atoms with Gasteiger partial charge in [-0.15, -0.1) is 0 Å². The van der Waals surface area contributed by atoms with E-state index in [1.807, 2.05) is 36.4 Å². The highest BCUT2D eigenvalue weighted by molar-refractivity contribution is 5.60. The van der Waals surface area contributed by atoms with Crippen LogP contribution in [-0.4, -0.2) is 11.6 Å². The van der Waals surface area contributed by atoms with E-state index in [0.29, 0.717) is 13.2 Å². The van der Waals surface area contributed by atoms with E-state index in [2.05, 4.69) is 11.9 Å². The van der Waals surface area contributed by atoms with E-state index in [9.17, 15) is 0 Å². The van der Waals surface area contributed by atoms with Crippen LogP contribution in [0.2, 0.25) is 0 Å². The molecule has 3 nitrogen and oxygen atoms in total. The topological polar surface area (TPSA) is 48.1 Å². The Labute approximate surface area is 108 Å². The molecule has 0 saturated carbocycles. The quantitative estimate of drug-likeness (QED) is 0.876. The minimum atomic E-state index is 0.460. The van der Waals surface area contributed by atoms with E-state index < -0.39 is 0 Å². The second-order valence-electron chi connectivity index (χ2n) is 4.10. The summed E-state index contributed by atoms with van der Waals surface area (Å²) < 4.78 is 5.63. The van der Waals surface area contributed by atoms with Gasteiger partial charge in [0.05, 0.1) is 18.5 Å². The average molecular weight is 242 g/mol. The second-order valence-corrected chi connectivity index (χ2v) is 4.10. The number of nitrogens with zero attached hydrogens (tertiary/aromatic N) is 1. The van der Waals surface area contributed by atoms with Crippen LogP contribution in [0, 0.1) is 0 Å². The maximum Gasteiger partial charge on any atom is 0.142 e. The summed E-state index contributed by atoms with van der Waals surface area (Å²) in [4.78, 5) is 4.43. The molecule has 0 spiro atoms. The maximum atomic E-state index is 5.76. The number of aromatic nitrogens is 1. The van der Waals surface area contributed by atoms with Crippen molar-refractivity contribution in [3.05, 3.63) is 48.2 Å². The Hall–Kier alpha value is -1.87. The van der Waals surface area contributed by atoms with E-state index in [1.165, 1.54) is 0 Å². The molecule has 1 aromatic carbocycles. The van der Waals surface area contributed by atoms with Crippen LogP contribution in [0.25, 0.3) is 11.3 Å². The van der Waals surface area contributed by atoms with E-state index in [1.54, 1.807) is 6.20 Å². The first-order chi connectivity index (χ1) is 8.85. The molecule has 1 heterocycles. The van der Waals surface area contributed by atoms with E-state index in [0.717, 1.165) is 29.0 Å². The van der Waals surface area contributed by atoms with Crippen LogP contribution in [0.1, 0.15) is 18.9 Å². The SMILES string of the molecule is CCCOc1cnc(-c2ccccc2)cc1CN. The molecule has 1 aromatic heterocycles.